The lowest BCUT2D eigenvalue weighted by atomic mass is 9.98. The summed E-state index contributed by atoms with van der Waals surface area (Å²) in [5, 5.41) is 10.6. The molecule has 1 aliphatic rings. The molecule has 2 heteroatoms. The summed E-state index contributed by atoms with van der Waals surface area (Å²) in [6.07, 6.45) is 0.727. The number of hydrogen-bond acceptors (Lipinski definition) is 1. The molecule has 2 aromatic carbocycles. The van der Waals surface area contributed by atoms with Gasteiger partial charge in [0.1, 0.15) is 0 Å². The predicted octanol–water partition coefficient (Wildman–Crippen LogP) is 4.90. The van der Waals surface area contributed by atoms with Crippen molar-refractivity contribution in [3.05, 3.63) is 69.2 Å². The van der Waals surface area contributed by atoms with E-state index in [-0.39, 0.29) is 6.10 Å². The van der Waals surface area contributed by atoms with Crippen molar-refractivity contribution >= 4 is 15.9 Å². The highest BCUT2D eigenvalue weighted by atomic mass is 79.9. The quantitative estimate of drug-likeness (QED) is 0.848. The SMILES string of the molecule is Cc1cc(C(O)C2CC2c2ccccc2)cc(C)c1Br. The van der Waals surface area contributed by atoms with Crippen LogP contribution in [0.25, 0.3) is 0 Å². The van der Waals surface area contributed by atoms with Gasteiger partial charge in [0.25, 0.3) is 0 Å². The highest BCUT2D eigenvalue weighted by Gasteiger charge is 2.43. The van der Waals surface area contributed by atoms with E-state index < -0.39 is 0 Å². The minimum Gasteiger partial charge on any atom is -0.388 e. The molecule has 1 fully saturated rings. The fourth-order valence-corrected chi connectivity index (χ4v) is 3.27. The van der Waals surface area contributed by atoms with E-state index in [0.717, 1.165) is 16.5 Å². The monoisotopic (exact) mass is 330 g/mol. The first-order valence-corrected chi connectivity index (χ1v) is 7.87. The Balaban J connectivity index is 1.80. The number of aliphatic hydroxyl groups excluding tert-OH is 1. The smallest absolute Gasteiger partial charge is 0.0824 e. The molecule has 104 valence electrons. The van der Waals surface area contributed by atoms with Gasteiger partial charge in [-0.05, 0) is 54.4 Å². The third-order valence-corrected chi connectivity index (χ3v) is 5.52. The lowest BCUT2D eigenvalue weighted by Crippen LogP contribution is -2.03. The summed E-state index contributed by atoms with van der Waals surface area (Å²) >= 11 is 3.58. The zero-order valence-corrected chi connectivity index (χ0v) is 13.4. The Kier molecular flexibility index (Phi) is 3.70. The lowest BCUT2D eigenvalue weighted by Gasteiger charge is -2.14. The van der Waals surface area contributed by atoms with E-state index >= 15 is 0 Å². The molecule has 0 spiro atoms. The number of halogens is 1. The van der Waals surface area contributed by atoms with Crippen LogP contribution in [-0.4, -0.2) is 5.11 Å². The highest BCUT2D eigenvalue weighted by Crippen LogP contribution is 2.54. The van der Waals surface area contributed by atoms with Gasteiger partial charge in [-0.15, -0.1) is 0 Å². The van der Waals surface area contributed by atoms with Gasteiger partial charge in [-0.25, -0.2) is 0 Å². The topological polar surface area (TPSA) is 20.2 Å². The van der Waals surface area contributed by atoms with E-state index in [1.807, 2.05) is 6.07 Å². The Hall–Kier alpha value is -1.12. The molecular weight excluding hydrogens is 312 g/mol. The summed E-state index contributed by atoms with van der Waals surface area (Å²) in [7, 11) is 0. The first-order chi connectivity index (χ1) is 9.58. The van der Waals surface area contributed by atoms with Gasteiger partial charge in [0.15, 0.2) is 0 Å². The first-order valence-electron chi connectivity index (χ1n) is 7.07. The Bertz CT molecular complexity index is 598. The van der Waals surface area contributed by atoms with Crippen molar-refractivity contribution < 1.29 is 5.11 Å². The van der Waals surface area contributed by atoms with Crippen LogP contribution in [0.3, 0.4) is 0 Å². The number of hydrogen-bond donors (Lipinski definition) is 1. The number of aliphatic hydroxyl groups is 1. The summed E-state index contributed by atoms with van der Waals surface area (Å²) in [4.78, 5) is 0. The average molecular weight is 331 g/mol. The molecule has 20 heavy (non-hydrogen) atoms. The Morgan fingerprint density at radius 2 is 1.70 bits per heavy atom. The third kappa shape index (κ3) is 2.55. The zero-order valence-electron chi connectivity index (χ0n) is 11.8. The molecular formula is C18H19BrO. The van der Waals surface area contributed by atoms with Crippen LogP contribution in [-0.2, 0) is 0 Å². The average Bonchev–Trinajstić information content (AvgIpc) is 3.25. The van der Waals surface area contributed by atoms with Crippen molar-refractivity contribution in [2.75, 3.05) is 0 Å². The van der Waals surface area contributed by atoms with Crippen LogP contribution in [0, 0.1) is 19.8 Å². The molecule has 0 heterocycles. The number of rotatable bonds is 3. The summed E-state index contributed by atoms with van der Waals surface area (Å²) in [5.41, 5.74) is 4.78. The molecule has 3 unspecified atom stereocenters. The molecule has 2 aromatic rings. The number of benzene rings is 2. The summed E-state index contributed by atoms with van der Waals surface area (Å²) in [6, 6.07) is 14.7. The van der Waals surface area contributed by atoms with Crippen LogP contribution in [0.2, 0.25) is 0 Å². The van der Waals surface area contributed by atoms with E-state index in [0.29, 0.717) is 11.8 Å². The second kappa shape index (κ2) is 5.34. The van der Waals surface area contributed by atoms with Gasteiger partial charge in [-0.3, -0.25) is 0 Å². The molecule has 3 rings (SSSR count). The fourth-order valence-electron chi connectivity index (χ4n) is 3.04. The molecule has 1 nitrogen and oxygen atoms in total. The molecule has 1 aliphatic carbocycles. The van der Waals surface area contributed by atoms with Crippen molar-refractivity contribution in [3.63, 3.8) is 0 Å². The molecule has 0 aliphatic heterocycles. The van der Waals surface area contributed by atoms with Crippen LogP contribution in [0.15, 0.2) is 46.9 Å². The maximum absolute atomic E-state index is 10.6. The molecule has 0 saturated heterocycles. The van der Waals surface area contributed by atoms with E-state index in [2.05, 4.69) is 66.2 Å². The maximum Gasteiger partial charge on any atom is 0.0824 e. The Morgan fingerprint density at radius 1 is 1.10 bits per heavy atom. The summed E-state index contributed by atoms with van der Waals surface area (Å²) < 4.78 is 1.14. The van der Waals surface area contributed by atoms with Gasteiger partial charge in [-0.2, -0.15) is 0 Å². The van der Waals surface area contributed by atoms with E-state index in [1.54, 1.807) is 0 Å². The summed E-state index contributed by atoms with van der Waals surface area (Å²) in [6.45, 7) is 4.16. The second-order valence-corrected chi connectivity index (χ2v) is 6.62. The lowest BCUT2D eigenvalue weighted by molar-refractivity contribution is 0.151. The molecule has 0 amide bonds. The van der Waals surface area contributed by atoms with Gasteiger partial charge in [0, 0.05) is 4.47 Å². The standard InChI is InChI=1S/C18H19BrO/c1-11-8-14(9-12(2)17(11)19)18(20)16-10-15(16)13-6-4-3-5-7-13/h3-9,15-16,18,20H,10H2,1-2H3. The van der Waals surface area contributed by atoms with Crippen molar-refractivity contribution in [1.82, 2.24) is 0 Å². The van der Waals surface area contributed by atoms with E-state index in [1.165, 1.54) is 16.7 Å². The van der Waals surface area contributed by atoms with Gasteiger partial charge in [-0.1, -0.05) is 58.4 Å². The normalized spacial score (nSPS) is 22.6. The van der Waals surface area contributed by atoms with Crippen LogP contribution in [0.5, 0.6) is 0 Å². The van der Waals surface area contributed by atoms with E-state index in [4.69, 9.17) is 0 Å². The second-order valence-electron chi connectivity index (χ2n) is 5.83. The van der Waals surface area contributed by atoms with Crippen LogP contribution in [0.1, 0.15) is 40.7 Å². The maximum atomic E-state index is 10.6. The Labute approximate surface area is 128 Å². The predicted molar refractivity (Wildman–Crippen MR) is 85.9 cm³/mol. The van der Waals surface area contributed by atoms with Crippen LogP contribution in [0.4, 0.5) is 0 Å². The molecule has 1 saturated carbocycles. The van der Waals surface area contributed by atoms with Gasteiger partial charge < -0.3 is 5.11 Å². The molecule has 0 aromatic heterocycles. The van der Waals surface area contributed by atoms with Crippen molar-refractivity contribution in [3.8, 4) is 0 Å². The van der Waals surface area contributed by atoms with Crippen LogP contribution >= 0.6 is 15.9 Å². The Morgan fingerprint density at radius 3 is 2.30 bits per heavy atom. The number of aryl methyl sites for hydroxylation is 2. The molecule has 1 N–H and O–H groups in total. The van der Waals surface area contributed by atoms with Crippen LogP contribution < -0.4 is 0 Å². The largest absolute Gasteiger partial charge is 0.388 e. The molecule has 0 bridgehead atoms. The van der Waals surface area contributed by atoms with Crippen molar-refractivity contribution in [1.29, 1.82) is 0 Å². The molecule has 0 radical (unpaired) electrons. The van der Waals surface area contributed by atoms with Gasteiger partial charge in [0.2, 0.25) is 0 Å². The van der Waals surface area contributed by atoms with Gasteiger partial charge >= 0.3 is 0 Å². The first kappa shape index (κ1) is 13.8. The minimum absolute atomic E-state index is 0.356. The molecule has 3 atom stereocenters. The summed E-state index contributed by atoms with van der Waals surface area (Å²) in [5.74, 6) is 0.868. The zero-order chi connectivity index (χ0) is 14.3. The highest BCUT2D eigenvalue weighted by molar-refractivity contribution is 9.10. The van der Waals surface area contributed by atoms with Gasteiger partial charge in [0.05, 0.1) is 6.10 Å². The van der Waals surface area contributed by atoms with Crippen molar-refractivity contribution in [2.24, 2.45) is 5.92 Å². The third-order valence-electron chi connectivity index (χ3n) is 4.27. The van der Waals surface area contributed by atoms with Crippen molar-refractivity contribution in [2.45, 2.75) is 32.3 Å². The fraction of sp³-hybridized carbons (Fsp3) is 0.333. The minimum atomic E-state index is -0.356. The van der Waals surface area contributed by atoms with E-state index in [9.17, 15) is 5.11 Å².